The SMILES string of the molecule is Cc1ccccc1Nc1nnc(SC(C(=O)NC2CC2)c2ccccc2)s1. The highest BCUT2D eigenvalue weighted by Crippen LogP contribution is 2.39. The summed E-state index contributed by atoms with van der Waals surface area (Å²) in [6.07, 6.45) is 2.14. The second-order valence-electron chi connectivity index (χ2n) is 6.50. The van der Waals surface area contributed by atoms with E-state index >= 15 is 0 Å². The molecule has 0 aliphatic heterocycles. The fraction of sp³-hybridized carbons (Fsp3) is 0.250. The molecule has 1 fully saturated rings. The highest BCUT2D eigenvalue weighted by molar-refractivity contribution is 8.01. The maximum Gasteiger partial charge on any atom is 0.238 e. The number of benzene rings is 2. The van der Waals surface area contributed by atoms with Gasteiger partial charge in [-0.15, -0.1) is 10.2 Å². The Morgan fingerprint density at radius 2 is 1.85 bits per heavy atom. The number of nitrogens with zero attached hydrogens (tertiary/aromatic N) is 2. The van der Waals surface area contributed by atoms with E-state index in [0.29, 0.717) is 6.04 Å². The van der Waals surface area contributed by atoms with Crippen molar-refractivity contribution in [2.24, 2.45) is 0 Å². The van der Waals surface area contributed by atoms with Gasteiger partial charge in [0, 0.05) is 11.7 Å². The zero-order chi connectivity index (χ0) is 18.6. The molecule has 1 aromatic heterocycles. The van der Waals surface area contributed by atoms with E-state index in [1.54, 1.807) is 0 Å². The molecule has 1 aliphatic carbocycles. The second-order valence-corrected chi connectivity index (χ2v) is 8.83. The molecule has 138 valence electrons. The lowest BCUT2D eigenvalue weighted by molar-refractivity contribution is -0.120. The standard InChI is InChI=1S/C20H20N4OS2/c1-13-7-5-6-10-16(13)22-19-23-24-20(27-19)26-17(14-8-3-2-4-9-14)18(25)21-15-11-12-15/h2-10,15,17H,11-12H2,1H3,(H,21,25)(H,22,23). The number of para-hydroxylation sites is 1. The molecule has 0 spiro atoms. The fourth-order valence-electron chi connectivity index (χ4n) is 2.64. The Bertz CT molecular complexity index is 924. The molecule has 5 nitrogen and oxygen atoms in total. The zero-order valence-corrected chi connectivity index (χ0v) is 16.5. The van der Waals surface area contributed by atoms with Gasteiger partial charge >= 0.3 is 0 Å². The minimum Gasteiger partial charge on any atom is -0.352 e. The zero-order valence-electron chi connectivity index (χ0n) is 14.9. The molecule has 0 saturated heterocycles. The smallest absolute Gasteiger partial charge is 0.238 e. The molecule has 3 aromatic rings. The van der Waals surface area contributed by atoms with Crippen LogP contribution in [-0.4, -0.2) is 22.1 Å². The Kier molecular flexibility index (Phi) is 5.40. The lowest BCUT2D eigenvalue weighted by atomic mass is 10.1. The van der Waals surface area contributed by atoms with Crippen LogP contribution in [0.3, 0.4) is 0 Å². The Morgan fingerprint density at radius 3 is 2.59 bits per heavy atom. The van der Waals surface area contributed by atoms with Crippen LogP contribution in [0.15, 0.2) is 58.9 Å². The predicted molar refractivity (Wildman–Crippen MR) is 111 cm³/mol. The maximum absolute atomic E-state index is 12.7. The number of hydrogen-bond donors (Lipinski definition) is 2. The summed E-state index contributed by atoms with van der Waals surface area (Å²) in [5, 5.41) is 15.3. The van der Waals surface area contributed by atoms with Crippen molar-refractivity contribution in [2.75, 3.05) is 5.32 Å². The first kappa shape index (κ1) is 18.0. The lowest BCUT2D eigenvalue weighted by Gasteiger charge is -2.15. The molecular weight excluding hydrogens is 376 g/mol. The van der Waals surface area contributed by atoms with Crippen LogP contribution >= 0.6 is 23.1 Å². The van der Waals surface area contributed by atoms with Crippen LogP contribution in [0.2, 0.25) is 0 Å². The summed E-state index contributed by atoms with van der Waals surface area (Å²) in [4.78, 5) is 12.7. The molecule has 1 amide bonds. The first-order chi connectivity index (χ1) is 13.2. The molecule has 7 heteroatoms. The van der Waals surface area contributed by atoms with Crippen LogP contribution in [0.25, 0.3) is 0 Å². The van der Waals surface area contributed by atoms with E-state index in [0.717, 1.165) is 39.1 Å². The van der Waals surface area contributed by atoms with Crippen molar-refractivity contribution in [3.63, 3.8) is 0 Å². The molecule has 4 rings (SSSR count). The topological polar surface area (TPSA) is 66.9 Å². The summed E-state index contributed by atoms with van der Waals surface area (Å²) in [5.74, 6) is 0.0392. The third kappa shape index (κ3) is 4.67. The van der Waals surface area contributed by atoms with Crippen LogP contribution in [0.1, 0.15) is 29.2 Å². The van der Waals surface area contributed by atoms with Crippen molar-refractivity contribution in [2.45, 2.75) is 35.4 Å². The van der Waals surface area contributed by atoms with Crippen LogP contribution in [-0.2, 0) is 4.79 Å². The van der Waals surface area contributed by atoms with E-state index < -0.39 is 0 Å². The number of rotatable bonds is 7. The van der Waals surface area contributed by atoms with Gasteiger partial charge in [-0.25, -0.2) is 0 Å². The number of nitrogens with one attached hydrogen (secondary N) is 2. The summed E-state index contributed by atoms with van der Waals surface area (Å²) in [6.45, 7) is 2.05. The van der Waals surface area contributed by atoms with Crippen LogP contribution in [0.5, 0.6) is 0 Å². The van der Waals surface area contributed by atoms with Crippen molar-refractivity contribution >= 4 is 39.8 Å². The first-order valence-corrected chi connectivity index (χ1v) is 10.6. The average Bonchev–Trinajstić information content (AvgIpc) is 3.39. The number of hydrogen-bond acceptors (Lipinski definition) is 6. The van der Waals surface area contributed by atoms with Gasteiger partial charge < -0.3 is 10.6 Å². The van der Waals surface area contributed by atoms with Gasteiger partial charge in [0.05, 0.1) is 0 Å². The summed E-state index contributed by atoms with van der Waals surface area (Å²) >= 11 is 2.91. The molecule has 1 heterocycles. The van der Waals surface area contributed by atoms with Crippen molar-refractivity contribution in [3.05, 3.63) is 65.7 Å². The van der Waals surface area contributed by atoms with E-state index in [4.69, 9.17) is 0 Å². The van der Waals surface area contributed by atoms with Crippen molar-refractivity contribution in [1.29, 1.82) is 0 Å². The summed E-state index contributed by atoms with van der Waals surface area (Å²) in [7, 11) is 0. The van der Waals surface area contributed by atoms with E-state index in [1.807, 2.05) is 61.5 Å². The molecule has 2 N–H and O–H groups in total. The molecule has 0 bridgehead atoms. The van der Waals surface area contributed by atoms with Crippen LogP contribution in [0, 0.1) is 6.92 Å². The van der Waals surface area contributed by atoms with E-state index in [2.05, 4.69) is 20.8 Å². The molecule has 1 unspecified atom stereocenters. The maximum atomic E-state index is 12.7. The predicted octanol–water partition coefficient (Wildman–Crippen LogP) is 4.70. The van der Waals surface area contributed by atoms with Crippen molar-refractivity contribution < 1.29 is 4.79 Å². The average molecular weight is 397 g/mol. The molecule has 1 aliphatic rings. The van der Waals surface area contributed by atoms with Crippen molar-refractivity contribution in [3.8, 4) is 0 Å². The number of carbonyl (C=O) groups excluding carboxylic acids is 1. The Balaban J connectivity index is 1.50. The third-order valence-electron chi connectivity index (χ3n) is 4.28. The first-order valence-electron chi connectivity index (χ1n) is 8.87. The van der Waals surface area contributed by atoms with Crippen LogP contribution in [0.4, 0.5) is 10.8 Å². The lowest BCUT2D eigenvalue weighted by Crippen LogP contribution is -2.29. The molecule has 1 atom stereocenters. The normalized spacial score (nSPS) is 14.6. The third-order valence-corrected chi connectivity index (χ3v) is 6.45. The highest BCUT2D eigenvalue weighted by atomic mass is 32.2. The minimum atomic E-state index is -0.328. The molecule has 27 heavy (non-hydrogen) atoms. The largest absolute Gasteiger partial charge is 0.352 e. The highest BCUT2D eigenvalue weighted by Gasteiger charge is 2.29. The number of aryl methyl sites for hydroxylation is 1. The molecule has 1 saturated carbocycles. The number of carbonyl (C=O) groups is 1. The molecule has 2 aromatic carbocycles. The number of aromatic nitrogens is 2. The summed E-state index contributed by atoms with van der Waals surface area (Å²) in [6, 6.07) is 18.2. The summed E-state index contributed by atoms with van der Waals surface area (Å²) < 4.78 is 0.769. The van der Waals surface area contributed by atoms with E-state index in [1.165, 1.54) is 23.1 Å². The Morgan fingerprint density at radius 1 is 1.11 bits per heavy atom. The Labute approximate surface area is 166 Å². The molecular formula is C20H20N4OS2. The number of anilines is 2. The van der Waals surface area contributed by atoms with Gasteiger partial charge in [0.15, 0.2) is 4.34 Å². The van der Waals surface area contributed by atoms with Gasteiger partial charge in [-0.1, -0.05) is 71.6 Å². The van der Waals surface area contributed by atoms with E-state index in [9.17, 15) is 4.79 Å². The number of thioether (sulfide) groups is 1. The summed E-state index contributed by atoms with van der Waals surface area (Å²) in [5.41, 5.74) is 3.13. The van der Waals surface area contributed by atoms with Crippen molar-refractivity contribution in [1.82, 2.24) is 15.5 Å². The van der Waals surface area contributed by atoms with Crippen LogP contribution < -0.4 is 10.6 Å². The van der Waals surface area contributed by atoms with Gasteiger partial charge in [-0.2, -0.15) is 0 Å². The Hall–Kier alpha value is -2.38. The van der Waals surface area contributed by atoms with Gasteiger partial charge in [0.1, 0.15) is 5.25 Å². The quantitative estimate of drug-likeness (QED) is 0.567. The van der Waals surface area contributed by atoms with Gasteiger partial charge in [-0.05, 0) is 37.0 Å². The monoisotopic (exact) mass is 396 g/mol. The minimum absolute atomic E-state index is 0.0392. The molecule has 0 radical (unpaired) electrons. The van der Waals surface area contributed by atoms with Gasteiger partial charge in [-0.3, -0.25) is 4.79 Å². The number of amides is 1. The van der Waals surface area contributed by atoms with Gasteiger partial charge in [0.25, 0.3) is 0 Å². The second kappa shape index (κ2) is 8.10. The van der Waals surface area contributed by atoms with E-state index in [-0.39, 0.29) is 11.2 Å². The van der Waals surface area contributed by atoms with Gasteiger partial charge in [0.2, 0.25) is 11.0 Å². The fourth-order valence-corrected chi connectivity index (χ4v) is 4.61.